The van der Waals surface area contributed by atoms with Gasteiger partial charge in [-0.25, -0.2) is 0 Å². The fourth-order valence-corrected chi connectivity index (χ4v) is 3.46. The van der Waals surface area contributed by atoms with Gasteiger partial charge in [0.1, 0.15) is 5.75 Å². The van der Waals surface area contributed by atoms with Gasteiger partial charge in [-0.1, -0.05) is 25.0 Å². The lowest BCUT2D eigenvalue weighted by Gasteiger charge is -2.22. The minimum atomic E-state index is 0.161. The topological polar surface area (TPSA) is 66.0 Å². The molecule has 0 atom stereocenters. The van der Waals surface area contributed by atoms with E-state index in [0.29, 0.717) is 25.4 Å². The van der Waals surface area contributed by atoms with Crippen LogP contribution in [0.25, 0.3) is 0 Å². The Balaban J connectivity index is 1.78. The second-order valence-electron chi connectivity index (χ2n) is 7.14. The number of carbonyl (C=O) groups is 1. The van der Waals surface area contributed by atoms with Gasteiger partial charge in [-0.2, -0.15) is 0 Å². The molecule has 1 aromatic carbocycles. The number of nitrogens with zero attached hydrogens (tertiary/aromatic N) is 2. The lowest BCUT2D eigenvalue weighted by atomic mass is 10.0. The van der Waals surface area contributed by atoms with E-state index in [1.807, 2.05) is 19.2 Å². The summed E-state index contributed by atoms with van der Waals surface area (Å²) in [5, 5.41) is 6.31. The molecule has 0 spiro atoms. The molecule has 1 aromatic rings. The van der Waals surface area contributed by atoms with E-state index in [1.54, 1.807) is 7.11 Å². The van der Waals surface area contributed by atoms with Crippen molar-refractivity contribution in [1.29, 1.82) is 0 Å². The van der Waals surface area contributed by atoms with Crippen LogP contribution in [0.1, 0.15) is 44.6 Å². The third-order valence-electron chi connectivity index (χ3n) is 4.92. The number of amides is 1. The van der Waals surface area contributed by atoms with Crippen LogP contribution >= 0.6 is 0 Å². The van der Waals surface area contributed by atoms with Crippen LogP contribution in [0.5, 0.6) is 5.75 Å². The fraction of sp³-hybridized carbons (Fsp3) is 0.619. The maximum absolute atomic E-state index is 12.0. The molecule has 27 heavy (non-hydrogen) atoms. The zero-order valence-corrected chi connectivity index (χ0v) is 17.0. The zero-order valence-electron chi connectivity index (χ0n) is 17.0. The molecular formula is C21H34N4O2. The van der Waals surface area contributed by atoms with Gasteiger partial charge in [0.15, 0.2) is 5.96 Å². The lowest BCUT2D eigenvalue weighted by Crippen LogP contribution is -2.39. The monoisotopic (exact) mass is 374 g/mol. The van der Waals surface area contributed by atoms with Gasteiger partial charge < -0.3 is 20.3 Å². The summed E-state index contributed by atoms with van der Waals surface area (Å²) in [6, 6.07) is 8.05. The van der Waals surface area contributed by atoms with Crippen LogP contribution in [0.15, 0.2) is 29.3 Å². The quantitative estimate of drug-likeness (QED) is 0.396. The summed E-state index contributed by atoms with van der Waals surface area (Å²) in [5.41, 5.74) is 1.19. The standard InChI is InChI=1S/C21H34N4O2/c1-4-22-21(25(2)16-18-9-11-19(27-3)12-10-18)24-14-13-23-20(26)15-17-7-5-6-8-17/h9-12,17H,4-8,13-16H2,1-3H3,(H,22,24)(H,23,26). The summed E-state index contributed by atoms with van der Waals surface area (Å²) >= 11 is 0. The normalized spacial score (nSPS) is 14.9. The average Bonchev–Trinajstić information content (AvgIpc) is 3.17. The number of ether oxygens (including phenoxy) is 1. The summed E-state index contributed by atoms with van der Waals surface area (Å²) in [5.74, 6) is 2.45. The highest BCUT2D eigenvalue weighted by Gasteiger charge is 2.17. The van der Waals surface area contributed by atoms with Crippen LogP contribution in [0.2, 0.25) is 0 Å². The first kappa shape index (κ1) is 21.1. The Morgan fingerprint density at radius 2 is 1.93 bits per heavy atom. The van der Waals surface area contributed by atoms with E-state index in [-0.39, 0.29) is 5.91 Å². The molecule has 6 nitrogen and oxygen atoms in total. The third kappa shape index (κ3) is 7.49. The molecule has 1 fully saturated rings. The summed E-state index contributed by atoms with van der Waals surface area (Å²) in [4.78, 5) is 18.7. The van der Waals surface area contributed by atoms with Crippen LogP contribution in [-0.4, -0.2) is 50.6 Å². The number of rotatable bonds is 9. The van der Waals surface area contributed by atoms with E-state index in [4.69, 9.17) is 4.74 Å². The minimum absolute atomic E-state index is 0.161. The number of nitrogens with one attached hydrogen (secondary N) is 2. The van der Waals surface area contributed by atoms with E-state index in [1.165, 1.54) is 31.2 Å². The van der Waals surface area contributed by atoms with Crippen molar-refractivity contribution < 1.29 is 9.53 Å². The predicted molar refractivity (Wildman–Crippen MR) is 110 cm³/mol. The zero-order chi connectivity index (χ0) is 19.5. The van der Waals surface area contributed by atoms with E-state index in [9.17, 15) is 4.79 Å². The van der Waals surface area contributed by atoms with Crippen molar-refractivity contribution in [1.82, 2.24) is 15.5 Å². The molecular weight excluding hydrogens is 340 g/mol. The summed E-state index contributed by atoms with van der Waals surface area (Å²) in [7, 11) is 3.69. The van der Waals surface area contributed by atoms with Gasteiger partial charge >= 0.3 is 0 Å². The molecule has 1 aliphatic carbocycles. The maximum atomic E-state index is 12.0. The second-order valence-corrected chi connectivity index (χ2v) is 7.14. The molecule has 1 aliphatic rings. The molecule has 0 aromatic heterocycles. The molecule has 0 aliphatic heterocycles. The Hall–Kier alpha value is -2.24. The van der Waals surface area contributed by atoms with E-state index in [0.717, 1.165) is 24.8 Å². The van der Waals surface area contributed by atoms with Gasteiger partial charge in [-0.3, -0.25) is 9.79 Å². The Labute approximate surface area is 163 Å². The number of aliphatic imine (C=N–C) groups is 1. The first-order valence-electron chi connectivity index (χ1n) is 10.0. The molecule has 0 bridgehead atoms. The molecule has 2 rings (SSSR count). The Bertz CT molecular complexity index is 595. The van der Waals surface area contributed by atoms with Gasteiger partial charge in [0, 0.05) is 33.1 Å². The molecule has 0 heterocycles. The number of benzene rings is 1. The van der Waals surface area contributed by atoms with E-state index >= 15 is 0 Å². The predicted octanol–water partition coefficient (Wildman–Crippen LogP) is 2.79. The Kier molecular flexibility index (Phi) is 8.95. The smallest absolute Gasteiger partial charge is 0.220 e. The number of methoxy groups -OCH3 is 1. The summed E-state index contributed by atoms with van der Waals surface area (Å²) in [6.07, 6.45) is 5.61. The van der Waals surface area contributed by atoms with E-state index in [2.05, 4.69) is 39.6 Å². The van der Waals surface area contributed by atoms with Crippen molar-refractivity contribution in [2.24, 2.45) is 10.9 Å². The van der Waals surface area contributed by atoms with Gasteiger partial charge in [-0.05, 0) is 43.4 Å². The van der Waals surface area contributed by atoms with Crippen molar-refractivity contribution in [2.45, 2.75) is 45.6 Å². The Morgan fingerprint density at radius 1 is 1.22 bits per heavy atom. The van der Waals surface area contributed by atoms with Gasteiger partial charge in [0.25, 0.3) is 0 Å². The largest absolute Gasteiger partial charge is 0.497 e. The highest BCUT2D eigenvalue weighted by atomic mass is 16.5. The maximum Gasteiger partial charge on any atom is 0.220 e. The van der Waals surface area contributed by atoms with E-state index < -0.39 is 0 Å². The van der Waals surface area contributed by atoms with Crippen LogP contribution in [0.3, 0.4) is 0 Å². The summed E-state index contributed by atoms with van der Waals surface area (Å²) < 4.78 is 5.20. The highest BCUT2D eigenvalue weighted by molar-refractivity contribution is 5.80. The van der Waals surface area contributed by atoms with Crippen molar-refractivity contribution in [3.63, 3.8) is 0 Å². The molecule has 1 saturated carbocycles. The first-order valence-corrected chi connectivity index (χ1v) is 10.0. The van der Waals surface area contributed by atoms with Crippen molar-refractivity contribution >= 4 is 11.9 Å². The van der Waals surface area contributed by atoms with Crippen molar-refractivity contribution in [3.05, 3.63) is 29.8 Å². The van der Waals surface area contributed by atoms with Crippen LogP contribution < -0.4 is 15.4 Å². The van der Waals surface area contributed by atoms with Gasteiger partial charge in [-0.15, -0.1) is 0 Å². The fourth-order valence-electron chi connectivity index (χ4n) is 3.46. The molecule has 0 unspecified atom stereocenters. The SMILES string of the molecule is CCNC(=NCCNC(=O)CC1CCCC1)N(C)Cc1ccc(OC)cc1. The number of hydrogen-bond acceptors (Lipinski definition) is 3. The number of guanidine groups is 1. The van der Waals surface area contributed by atoms with Crippen molar-refractivity contribution in [2.75, 3.05) is 33.8 Å². The Morgan fingerprint density at radius 3 is 2.56 bits per heavy atom. The van der Waals surface area contributed by atoms with Crippen molar-refractivity contribution in [3.8, 4) is 5.75 Å². The first-order chi connectivity index (χ1) is 13.1. The van der Waals surface area contributed by atoms with Gasteiger partial charge in [0.2, 0.25) is 5.91 Å². The van der Waals surface area contributed by atoms with Gasteiger partial charge in [0.05, 0.1) is 13.7 Å². The number of carbonyl (C=O) groups excluding carboxylic acids is 1. The minimum Gasteiger partial charge on any atom is -0.497 e. The molecule has 2 N–H and O–H groups in total. The molecule has 0 radical (unpaired) electrons. The molecule has 150 valence electrons. The molecule has 1 amide bonds. The molecule has 0 saturated heterocycles. The van der Waals surface area contributed by atoms with Crippen LogP contribution in [-0.2, 0) is 11.3 Å². The van der Waals surface area contributed by atoms with Crippen LogP contribution in [0, 0.1) is 5.92 Å². The second kappa shape index (κ2) is 11.5. The highest BCUT2D eigenvalue weighted by Crippen LogP contribution is 2.27. The lowest BCUT2D eigenvalue weighted by molar-refractivity contribution is -0.121. The average molecular weight is 375 g/mol. The van der Waals surface area contributed by atoms with Crippen LogP contribution in [0.4, 0.5) is 0 Å². The number of hydrogen-bond donors (Lipinski definition) is 2. The summed E-state index contributed by atoms with van der Waals surface area (Å²) in [6.45, 7) is 4.77. The third-order valence-corrected chi connectivity index (χ3v) is 4.92. The molecule has 6 heteroatoms.